The van der Waals surface area contributed by atoms with Crippen LogP contribution in [0.3, 0.4) is 0 Å². The van der Waals surface area contributed by atoms with Gasteiger partial charge in [0.2, 0.25) is 5.91 Å². The van der Waals surface area contributed by atoms with E-state index in [1.165, 1.54) is 5.56 Å². The van der Waals surface area contributed by atoms with Crippen LogP contribution in [0.4, 0.5) is 0 Å². The van der Waals surface area contributed by atoms with E-state index < -0.39 is 0 Å². The summed E-state index contributed by atoms with van der Waals surface area (Å²) in [7, 11) is 0. The number of carbonyl (C=O) groups excluding carboxylic acids is 1. The first kappa shape index (κ1) is 18.9. The van der Waals surface area contributed by atoms with Crippen molar-refractivity contribution in [1.29, 1.82) is 0 Å². The molecule has 2 aromatic carbocycles. The zero-order chi connectivity index (χ0) is 18.4. The number of hydrogen-bond donors (Lipinski definition) is 3. The fraction of sp³-hybridized carbons (Fsp3) is 0.350. The summed E-state index contributed by atoms with van der Waals surface area (Å²) >= 11 is 3.44. The highest BCUT2D eigenvalue weighted by Crippen LogP contribution is 2.23. The van der Waals surface area contributed by atoms with Crippen molar-refractivity contribution in [2.24, 2.45) is 0 Å². The Morgan fingerprint density at radius 3 is 2.58 bits per heavy atom. The second kappa shape index (κ2) is 9.16. The molecule has 1 saturated heterocycles. The Balaban J connectivity index is 1.47. The van der Waals surface area contributed by atoms with E-state index in [0.29, 0.717) is 6.54 Å². The minimum Gasteiger partial charge on any atom is -0.494 e. The molecule has 0 radical (unpaired) electrons. The molecular formula is C20H24BrN3O2. The molecule has 1 amide bonds. The van der Waals surface area contributed by atoms with Gasteiger partial charge in [0.1, 0.15) is 11.8 Å². The molecule has 6 heteroatoms. The van der Waals surface area contributed by atoms with Gasteiger partial charge in [-0.2, -0.15) is 0 Å². The molecule has 0 aliphatic carbocycles. The fourth-order valence-corrected chi connectivity index (χ4v) is 3.14. The summed E-state index contributed by atoms with van der Waals surface area (Å²) in [5.41, 5.74) is 8.52. The van der Waals surface area contributed by atoms with Crippen molar-refractivity contribution in [3.63, 3.8) is 0 Å². The molecule has 26 heavy (non-hydrogen) atoms. The van der Waals surface area contributed by atoms with Crippen molar-refractivity contribution in [3.05, 3.63) is 64.1 Å². The molecule has 1 fully saturated rings. The summed E-state index contributed by atoms with van der Waals surface area (Å²) in [6, 6.07) is 15.9. The van der Waals surface area contributed by atoms with E-state index in [2.05, 4.69) is 51.2 Å². The molecule has 0 aromatic heterocycles. The quantitative estimate of drug-likeness (QED) is 0.645. The lowest BCUT2D eigenvalue weighted by molar-refractivity contribution is -0.123. The maximum absolute atomic E-state index is 12.4. The number of hydrogen-bond acceptors (Lipinski definition) is 4. The van der Waals surface area contributed by atoms with Crippen molar-refractivity contribution >= 4 is 21.8 Å². The first-order valence-corrected chi connectivity index (χ1v) is 9.71. The van der Waals surface area contributed by atoms with Gasteiger partial charge < -0.3 is 10.1 Å². The molecule has 0 bridgehead atoms. The zero-order valence-electron chi connectivity index (χ0n) is 14.8. The monoisotopic (exact) mass is 417 g/mol. The van der Waals surface area contributed by atoms with Crippen molar-refractivity contribution in [2.45, 2.75) is 38.4 Å². The third-order valence-electron chi connectivity index (χ3n) is 4.36. The molecule has 0 spiro atoms. The van der Waals surface area contributed by atoms with Crippen molar-refractivity contribution in [1.82, 2.24) is 16.2 Å². The molecule has 2 aromatic rings. The highest BCUT2D eigenvalue weighted by molar-refractivity contribution is 9.10. The predicted octanol–water partition coefficient (Wildman–Crippen LogP) is 3.46. The van der Waals surface area contributed by atoms with Crippen LogP contribution in [-0.4, -0.2) is 18.6 Å². The Bertz CT molecular complexity index is 719. The van der Waals surface area contributed by atoms with Gasteiger partial charge in [-0.3, -0.25) is 4.79 Å². The van der Waals surface area contributed by atoms with Gasteiger partial charge >= 0.3 is 0 Å². The minimum atomic E-state index is -0.240. The third kappa shape index (κ3) is 5.06. The molecule has 5 nitrogen and oxygen atoms in total. The summed E-state index contributed by atoms with van der Waals surface area (Å²) in [6.45, 7) is 3.31. The van der Waals surface area contributed by atoms with Gasteiger partial charge in [-0.05, 0) is 48.2 Å². The average Bonchev–Trinajstić information content (AvgIpc) is 3.16. The van der Waals surface area contributed by atoms with E-state index in [4.69, 9.17) is 4.74 Å². The maximum Gasteiger partial charge on any atom is 0.238 e. The normalized spacial score (nSPS) is 19.3. The average molecular weight is 418 g/mol. The number of carbonyl (C=O) groups is 1. The predicted molar refractivity (Wildman–Crippen MR) is 106 cm³/mol. The van der Waals surface area contributed by atoms with E-state index in [0.717, 1.165) is 35.2 Å². The molecule has 0 saturated carbocycles. The number of halogens is 1. The summed E-state index contributed by atoms with van der Waals surface area (Å²) in [6.07, 6.45) is 1.71. The number of nitrogens with one attached hydrogen (secondary N) is 3. The molecular weight excluding hydrogens is 394 g/mol. The van der Waals surface area contributed by atoms with Crippen LogP contribution in [-0.2, 0) is 11.3 Å². The van der Waals surface area contributed by atoms with Gasteiger partial charge in [-0.25, -0.2) is 10.9 Å². The summed E-state index contributed by atoms with van der Waals surface area (Å²) in [5, 5.41) is 2.99. The molecule has 3 rings (SSSR count). The fourth-order valence-electron chi connectivity index (χ4n) is 2.88. The molecule has 1 aliphatic rings. The summed E-state index contributed by atoms with van der Waals surface area (Å²) in [5.74, 6) is 0.865. The van der Waals surface area contributed by atoms with E-state index >= 15 is 0 Å². The second-order valence-corrected chi connectivity index (χ2v) is 7.31. The highest BCUT2D eigenvalue weighted by atomic mass is 79.9. The first-order valence-electron chi connectivity index (χ1n) is 8.91. The molecule has 2 unspecified atom stereocenters. The van der Waals surface area contributed by atoms with Gasteiger partial charge in [0.25, 0.3) is 0 Å². The lowest BCUT2D eigenvalue weighted by Crippen LogP contribution is -2.42. The zero-order valence-corrected chi connectivity index (χ0v) is 16.4. The van der Waals surface area contributed by atoms with Crippen LogP contribution in [0.1, 0.15) is 36.9 Å². The SMILES string of the molecule is CCCOc1ccc(CNC(=O)C2CC(c3ccc(Br)cc3)NN2)cc1. The van der Waals surface area contributed by atoms with Crippen molar-refractivity contribution in [3.8, 4) is 5.75 Å². The van der Waals surface area contributed by atoms with Crippen LogP contribution in [0.5, 0.6) is 5.75 Å². The van der Waals surface area contributed by atoms with Gasteiger partial charge in [-0.15, -0.1) is 0 Å². The molecule has 1 aliphatic heterocycles. The highest BCUT2D eigenvalue weighted by Gasteiger charge is 2.29. The smallest absolute Gasteiger partial charge is 0.238 e. The van der Waals surface area contributed by atoms with Crippen molar-refractivity contribution in [2.75, 3.05) is 6.61 Å². The topological polar surface area (TPSA) is 62.4 Å². The van der Waals surface area contributed by atoms with Crippen LogP contribution >= 0.6 is 15.9 Å². The Hall–Kier alpha value is -1.89. The number of benzene rings is 2. The van der Waals surface area contributed by atoms with Crippen LogP contribution in [0.25, 0.3) is 0 Å². The van der Waals surface area contributed by atoms with Crippen LogP contribution in [0.15, 0.2) is 53.0 Å². The molecule has 1 heterocycles. The number of ether oxygens (including phenoxy) is 1. The number of amides is 1. The second-order valence-electron chi connectivity index (χ2n) is 6.39. The standard InChI is InChI=1S/C20H24BrN3O2/c1-2-11-26-17-9-3-14(4-10-17)13-22-20(25)19-12-18(23-24-19)15-5-7-16(21)8-6-15/h3-10,18-19,23-24H,2,11-13H2,1H3,(H,22,25). The largest absolute Gasteiger partial charge is 0.494 e. The van der Waals surface area contributed by atoms with Crippen LogP contribution < -0.4 is 20.9 Å². The Labute approximate surface area is 162 Å². The Kier molecular flexibility index (Phi) is 6.66. The first-order chi connectivity index (χ1) is 12.7. The Morgan fingerprint density at radius 2 is 1.88 bits per heavy atom. The summed E-state index contributed by atoms with van der Waals surface area (Å²) < 4.78 is 6.62. The minimum absolute atomic E-state index is 0.00317. The molecule has 138 valence electrons. The third-order valence-corrected chi connectivity index (χ3v) is 4.88. The van der Waals surface area contributed by atoms with E-state index in [1.807, 2.05) is 36.4 Å². The lowest BCUT2D eigenvalue weighted by Gasteiger charge is -2.11. The molecule has 3 N–H and O–H groups in total. The van der Waals surface area contributed by atoms with Gasteiger partial charge in [-0.1, -0.05) is 47.1 Å². The van der Waals surface area contributed by atoms with E-state index in [-0.39, 0.29) is 18.0 Å². The van der Waals surface area contributed by atoms with E-state index in [1.54, 1.807) is 0 Å². The maximum atomic E-state index is 12.4. The Morgan fingerprint density at radius 1 is 1.15 bits per heavy atom. The van der Waals surface area contributed by atoms with Crippen LogP contribution in [0.2, 0.25) is 0 Å². The number of hydrazine groups is 1. The number of rotatable bonds is 7. The summed E-state index contributed by atoms with van der Waals surface area (Å²) in [4.78, 5) is 12.4. The van der Waals surface area contributed by atoms with Crippen molar-refractivity contribution < 1.29 is 9.53 Å². The lowest BCUT2D eigenvalue weighted by atomic mass is 10.0. The molecule has 2 atom stereocenters. The van der Waals surface area contributed by atoms with Gasteiger partial charge in [0.05, 0.1) is 6.61 Å². The van der Waals surface area contributed by atoms with Gasteiger partial charge in [0.15, 0.2) is 0 Å². The van der Waals surface area contributed by atoms with E-state index in [9.17, 15) is 4.79 Å². The van der Waals surface area contributed by atoms with Gasteiger partial charge in [0, 0.05) is 17.1 Å². The van der Waals surface area contributed by atoms with Crippen LogP contribution in [0, 0.1) is 0 Å².